The van der Waals surface area contributed by atoms with E-state index in [9.17, 15) is 34.5 Å². The van der Waals surface area contributed by atoms with E-state index in [0.717, 1.165) is 6.92 Å². The molecule has 1 aromatic heterocycles. The molecule has 4 aliphatic rings. The number of aliphatic hydroxyl groups excluding tert-OH is 2. The molecule has 1 aliphatic heterocycles. The Balaban J connectivity index is 0.00000761. The van der Waals surface area contributed by atoms with Crippen molar-refractivity contribution in [1.29, 1.82) is 0 Å². The summed E-state index contributed by atoms with van der Waals surface area (Å²) >= 11 is 0. The van der Waals surface area contributed by atoms with E-state index in [1.54, 1.807) is 107 Å². The molecule has 4 N–H and O–H groups in total. The summed E-state index contributed by atoms with van der Waals surface area (Å²) in [6, 6.07) is 17.6. The fourth-order valence-electron chi connectivity index (χ4n) is 10.6. The predicted octanol–water partition coefficient (Wildman–Crippen LogP) is 0.953. The maximum atomic E-state index is 15.2. The van der Waals surface area contributed by atoms with E-state index in [1.165, 1.54) is 38.2 Å². The lowest BCUT2D eigenvalue weighted by atomic mass is 9.44. The average molecular weight is 1050 g/mol. The highest BCUT2D eigenvalue weighted by atomic mass is 127. The third kappa shape index (κ3) is 9.28. The number of nitrogens with zero attached hydrogens (tertiary/aromatic N) is 1. The van der Waals surface area contributed by atoms with Gasteiger partial charge in [0.1, 0.15) is 54.3 Å². The Morgan fingerprint density at radius 1 is 0.897 bits per heavy atom. The van der Waals surface area contributed by atoms with Crippen LogP contribution in [0.1, 0.15) is 101 Å². The molecule has 0 spiro atoms. The fraction of sp³-hybridized carbons (Fsp3) is 0.500. The lowest BCUT2D eigenvalue weighted by Crippen LogP contribution is -3.00. The number of aromatic nitrogens is 1. The SMILES string of the molecule is CC(=O)O[C@@]12CO[C@@H]1C[C@H](O)[C@@]1(C)C(=O)[C@H](O)C3=C(C)[C@@H](OC(=O)[C@H](OC(=O)c4ccc[n+](C)c4)[C@@H](NC(=O)OC(C)(C)C)c4ccccc4)C[C@@](O)([C@@H](OC(=O)c4ccccc4)[C@H]21)C3(C)C.[I-]. The zero-order valence-corrected chi connectivity index (χ0v) is 41.5. The summed E-state index contributed by atoms with van der Waals surface area (Å²) in [5, 5.41) is 40.8. The number of esters is 4. The van der Waals surface area contributed by atoms with Crippen LogP contribution in [-0.2, 0) is 49.9 Å². The molecule has 2 saturated carbocycles. The van der Waals surface area contributed by atoms with E-state index < -0.39 is 118 Å². The van der Waals surface area contributed by atoms with Crippen LogP contribution in [0, 0.1) is 16.7 Å². The first-order valence-electron chi connectivity index (χ1n) is 22.2. The molecule has 17 nitrogen and oxygen atoms in total. The average Bonchev–Trinajstić information content (AvgIpc) is 3.25. The molecule has 2 heterocycles. The Labute approximate surface area is 411 Å². The lowest BCUT2D eigenvalue weighted by Gasteiger charge is -2.67. The summed E-state index contributed by atoms with van der Waals surface area (Å²) in [7, 11) is 1.68. The Morgan fingerprint density at radius 3 is 2.09 bits per heavy atom. The quantitative estimate of drug-likeness (QED) is 0.0728. The number of aryl methyl sites for hydroxylation is 1. The number of nitrogens with one attached hydrogen (secondary N) is 1. The van der Waals surface area contributed by atoms with Crippen molar-refractivity contribution >= 4 is 35.8 Å². The molecular weight excluding hydrogens is 995 g/mol. The van der Waals surface area contributed by atoms with Gasteiger partial charge in [0.15, 0.2) is 23.8 Å². The number of alkyl carbamates (subject to hydrolysis) is 1. The van der Waals surface area contributed by atoms with Crippen molar-refractivity contribution in [2.45, 2.75) is 128 Å². The number of halogens is 1. The van der Waals surface area contributed by atoms with E-state index in [4.69, 9.17) is 28.4 Å². The van der Waals surface area contributed by atoms with E-state index in [1.807, 2.05) is 0 Å². The number of fused-ring (bicyclic) bond motifs is 5. The van der Waals surface area contributed by atoms with E-state index in [0.29, 0.717) is 5.56 Å². The highest BCUT2D eigenvalue weighted by Gasteiger charge is 2.78. The van der Waals surface area contributed by atoms with Crippen molar-refractivity contribution in [3.8, 4) is 0 Å². The number of aliphatic hydroxyl groups is 3. The third-order valence-corrected chi connectivity index (χ3v) is 14.0. The molecule has 1 saturated heterocycles. The molecule has 366 valence electrons. The predicted molar refractivity (Wildman–Crippen MR) is 234 cm³/mol. The van der Waals surface area contributed by atoms with Gasteiger partial charge < -0.3 is 73.0 Å². The summed E-state index contributed by atoms with van der Waals surface area (Å²) in [6.07, 6.45) is -8.61. The number of rotatable bonds is 10. The summed E-state index contributed by atoms with van der Waals surface area (Å²) in [4.78, 5) is 85.1. The number of pyridine rings is 1. The molecule has 68 heavy (non-hydrogen) atoms. The van der Waals surface area contributed by atoms with Crippen molar-refractivity contribution < 1.29 is 101 Å². The largest absolute Gasteiger partial charge is 1.00 e. The summed E-state index contributed by atoms with van der Waals surface area (Å²) in [5.74, 6) is -6.42. The zero-order chi connectivity index (χ0) is 49.0. The number of hydrogen-bond donors (Lipinski definition) is 4. The number of hydrogen-bond acceptors (Lipinski definition) is 15. The Hall–Kier alpha value is -5.28. The molecule has 3 aromatic rings. The normalized spacial score (nSPS) is 30.1. The van der Waals surface area contributed by atoms with Gasteiger partial charge in [-0.15, -0.1) is 0 Å². The van der Waals surface area contributed by atoms with E-state index >= 15 is 9.59 Å². The van der Waals surface area contributed by atoms with E-state index in [2.05, 4.69) is 5.32 Å². The number of carbonyl (C=O) groups excluding carboxylic acids is 6. The van der Waals surface area contributed by atoms with Gasteiger partial charge in [-0.1, -0.05) is 62.4 Å². The molecule has 2 bridgehead atoms. The van der Waals surface area contributed by atoms with Gasteiger partial charge in [-0.05, 0) is 69.5 Å². The molecule has 3 aliphatic carbocycles. The Morgan fingerprint density at radius 2 is 1.51 bits per heavy atom. The molecule has 2 aromatic carbocycles. The maximum absolute atomic E-state index is 15.2. The van der Waals surface area contributed by atoms with Crippen molar-refractivity contribution in [2.75, 3.05) is 6.61 Å². The summed E-state index contributed by atoms with van der Waals surface area (Å²) in [5.41, 5.74) is -8.49. The van der Waals surface area contributed by atoms with E-state index in [-0.39, 0.29) is 59.3 Å². The van der Waals surface area contributed by atoms with Crippen molar-refractivity contribution in [3.05, 3.63) is 113 Å². The van der Waals surface area contributed by atoms with Gasteiger partial charge >= 0.3 is 30.0 Å². The molecule has 0 radical (unpaired) electrons. The monoisotopic (exact) mass is 1050 g/mol. The van der Waals surface area contributed by atoms with Crippen molar-refractivity contribution in [1.82, 2.24) is 5.32 Å². The van der Waals surface area contributed by atoms with Gasteiger partial charge in [0.2, 0.25) is 6.10 Å². The lowest BCUT2D eigenvalue weighted by molar-refractivity contribution is -0.671. The molecule has 18 heteroatoms. The van der Waals surface area contributed by atoms with Crippen LogP contribution in [0.4, 0.5) is 4.79 Å². The van der Waals surface area contributed by atoms with Gasteiger partial charge in [-0.2, -0.15) is 0 Å². The number of amides is 1. The number of ether oxygens (including phenoxy) is 6. The second kappa shape index (κ2) is 19.3. The topological polar surface area (TPSA) is 234 Å². The van der Waals surface area contributed by atoms with Crippen LogP contribution in [-0.4, -0.2) is 111 Å². The molecule has 3 fully saturated rings. The highest BCUT2D eigenvalue weighted by Crippen LogP contribution is 2.64. The van der Waals surface area contributed by atoms with Gasteiger partial charge in [-0.25, -0.2) is 23.7 Å². The van der Waals surface area contributed by atoms with Crippen LogP contribution < -0.4 is 33.9 Å². The second-order valence-corrected chi connectivity index (χ2v) is 19.7. The van der Waals surface area contributed by atoms with Gasteiger partial charge in [-0.3, -0.25) is 9.59 Å². The third-order valence-electron chi connectivity index (χ3n) is 14.0. The van der Waals surface area contributed by atoms with Crippen molar-refractivity contribution in [3.63, 3.8) is 0 Å². The molecule has 11 atom stereocenters. The van der Waals surface area contributed by atoms with Crippen molar-refractivity contribution in [2.24, 2.45) is 23.8 Å². The van der Waals surface area contributed by atoms with Gasteiger partial charge in [0.05, 0.1) is 29.6 Å². The summed E-state index contributed by atoms with van der Waals surface area (Å²) in [6.45, 7) is 11.7. The van der Waals surface area contributed by atoms with Crippen LogP contribution in [0.3, 0.4) is 0 Å². The number of benzene rings is 2. The van der Waals surface area contributed by atoms with Crippen LogP contribution in [0.25, 0.3) is 0 Å². The molecular formula is C50H59IN2O15. The number of ketones is 1. The smallest absolute Gasteiger partial charge is 0.408 e. The van der Waals surface area contributed by atoms with Crippen LogP contribution in [0.2, 0.25) is 0 Å². The molecule has 7 rings (SSSR count). The number of Topliss-reactive ketones (excluding diaryl/α,β-unsaturated/α-hetero) is 1. The minimum absolute atomic E-state index is 0. The molecule has 0 unspecified atom stereocenters. The highest BCUT2D eigenvalue weighted by molar-refractivity contribution is 5.94. The minimum atomic E-state index is -2.42. The number of carbonyl (C=O) groups is 6. The standard InChI is InChI=1S/C50H58N2O15.HI/c1-27-32(63-44(59)38(64-43(58)31-21-16-22-52(9)25-31)36(29-17-12-10-13-18-29)51-45(60)67-46(3,4)5)24-50(61)41(65-42(57)30-19-14-11-15-20-30)39-48(8,40(56)37(55)35(27)47(50,6)7)33(54)23-34-49(39,26-62-34)66-28(2)53;/h10-22,25,32-34,36-39,41,54-55,61H,23-24,26H2,1-9H3;1H/t32-,33-,34+,36-,37+,38+,39-,41-,48+,49-,50+;/m0./s1. The van der Waals surface area contributed by atoms with Crippen LogP contribution in [0.5, 0.6) is 0 Å². The minimum Gasteiger partial charge on any atom is -1.00 e. The van der Waals surface area contributed by atoms with Crippen LogP contribution in [0.15, 0.2) is 96.3 Å². The molecule has 1 amide bonds. The first kappa shape index (κ1) is 52.1. The fourth-order valence-corrected chi connectivity index (χ4v) is 10.6. The first-order chi connectivity index (χ1) is 31.4. The second-order valence-electron chi connectivity index (χ2n) is 19.7. The van der Waals surface area contributed by atoms with Gasteiger partial charge in [0, 0.05) is 31.2 Å². The van der Waals surface area contributed by atoms with Crippen LogP contribution >= 0.6 is 0 Å². The maximum Gasteiger partial charge on any atom is 0.408 e. The van der Waals surface area contributed by atoms with Gasteiger partial charge in [0.25, 0.3) is 0 Å². The first-order valence-corrected chi connectivity index (χ1v) is 22.2. The Kier molecular flexibility index (Phi) is 14.7. The summed E-state index contributed by atoms with van der Waals surface area (Å²) < 4.78 is 37.8. The Bertz CT molecular complexity index is 2480. The zero-order valence-electron chi connectivity index (χ0n) is 39.4.